The maximum atomic E-state index is 12.4. The molecule has 0 bridgehead atoms. The number of nitrogens with two attached hydrogens (primary N) is 1. The lowest BCUT2D eigenvalue weighted by Gasteiger charge is -2.13. The molecule has 1 aromatic carbocycles. The number of hydrogen-bond donors (Lipinski definition) is 1. The van der Waals surface area contributed by atoms with Gasteiger partial charge in [0.2, 0.25) is 0 Å². The van der Waals surface area contributed by atoms with Gasteiger partial charge in [-0.1, -0.05) is 31.7 Å². The van der Waals surface area contributed by atoms with Gasteiger partial charge in [-0.15, -0.1) is 0 Å². The fourth-order valence-electron chi connectivity index (χ4n) is 2.29. The van der Waals surface area contributed by atoms with Crippen LogP contribution in [0, 0.1) is 0 Å². The molecule has 0 aliphatic heterocycles. The standard InChI is InChI=1S/C13H19NOS/c14-11-6-5-9-13(10-11)16(15)12-7-3-1-2-4-8-12/h5-6,9-10,12H,1-4,7-8,14H2. The Bertz CT molecular complexity index is 370. The molecule has 1 aliphatic carbocycles. The first-order valence-corrected chi connectivity index (χ1v) is 7.25. The number of hydrogen-bond acceptors (Lipinski definition) is 2. The van der Waals surface area contributed by atoms with Gasteiger partial charge in [-0.25, -0.2) is 0 Å². The number of benzene rings is 1. The van der Waals surface area contributed by atoms with Crippen LogP contribution in [0.5, 0.6) is 0 Å². The molecule has 1 atom stereocenters. The van der Waals surface area contributed by atoms with E-state index in [4.69, 9.17) is 5.73 Å². The Hall–Kier alpha value is -0.830. The molecule has 1 unspecified atom stereocenters. The van der Waals surface area contributed by atoms with Crippen molar-refractivity contribution in [3.8, 4) is 0 Å². The van der Waals surface area contributed by atoms with Crippen molar-refractivity contribution >= 4 is 16.5 Å². The third kappa shape index (κ3) is 2.85. The highest BCUT2D eigenvalue weighted by atomic mass is 32.2. The Morgan fingerprint density at radius 3 is 2.44 bits per heavy atom. The predicted octanol–water partition coefficient (Wildman–Crippen LogP) is 3.10. The average molecular weight is 237 g/mol. The van der Waals surface area contributed by atoms with Crippen LogP contribution in [0.25, 0.3) is 0 Å². The average Bonchev–Trinajstić information content (AvgIpc) is 2.56. The second kappa shape index (κ2) is 5.48. The van der Waals surface area contributed by atoms with E-state index in [0.29, 0.717) is 10.9 Å². The first-order chi connectivity index (χ1) is 7.77. The topological polar surface area (TPSA) is 43.1 Å². The summed E-state index contributed by atoms with van der Waals surface area (Å²) in [5, 5.41) is 0.337. The van der Waals surface area contributed by atoms with E-state index in [9.17, 15) is 4.21 Å². The van der Waals surface area contributed by atoms with Gasteiger partial charge in [-0.05, 0) is 31.0 Å². The van der Waals surface area contributed by atoms with E-state index in [1.807, 2.05) is 24.3 Å². The molecule has 1 aliphatic rings. The van der Waals surface area contributed by atoms with Gasteiger partial charge in [0, 0.05) is 15.8 Å². The highest BCUT2D eigenvalue weighted by Gasteiger charge is 2.19. The van der Waals surface area contributed by atoms with Crippen LogP contribution in [0.4, 0.5) is 5.69 Å². The maximum Gasteiger partial charge on any atom is 0.0561 e. The molecule has 3 heteroatoms. The van der Waals surface area contributed by atoms with Crippen LogP contribution in [0.3, 0.4) is 0 Å². The molecule has 0 radical (unpaired) electrons. The second-order valence-corrected chi connectivity index (χ2v) is 6.22. The molecule has 1 aromatic rings. The first-order valence-electron chi connectivity index (χ1n) is 6.03. The second-order valence-electron chi connectivity index (χ2n) is 4.48. The summed E-state index contributed by atoms with van der Waals surface area (Å²) in [6, 6.07) is 7.51. The molecular formula is C13H19NOS. The minimum atomic E-state index is -0.871. The quantitative estimate of drug-likeness (QED) is 0.634. The van der Waals surface area contributed by atoms with E-state index in [0.717, 1.165) is 17.7 Å². The van der Waals surface area contributed by atoms with Crippen molar-refractivity contribution in [1.29, 1.82) is 0 Å². The fourth-order valence-corrected chi connectivity index (χ4v) is 3.90. The van der Waals surface area contributed by atoms with Crippen molar-refractivity contribution in [2.45, 2.75) is 48.7 Å². The van der Waals surface area contributed by atoms with Crippen LogP contribution in [-0.4, -0.2) is 9.46 Å². The first kappa shape index (κ1) is 11.6. The lowest BCUT2D eigenvalue weighted by atomic mass is 10.2. The zero-order chi connectivity index (χ0) is 11.4. The maximum absolute atomic E-state index is 12.4. The summed E-state index contributed by atoms with van der Waals surface area (Å²) in [5.41, 5.74) is 6.43. The molecule has 0 amide bonds. The summed E-state index contributed by atoms with van der Waals surface area (Å²) >= 11 is 0. The molecule has 2 N–H and O–H groups in total. The van der Waals surface area contributed by atoms with E-state index >= 15 is 0 Å². The van der Waals surface area contributed by atoms with Gasteiger partial charge in [-0.2, -0.15) is 0 Å². The Morgan fingerprint density at radius 2 is 1.81 bits per heavy atom. The Labute approximate surface area is 99.7 Å². The van der Waals surface area contributed by atoms with Crippen molar-refractivity contribution < 1.29 is 4.21 Å². The smallest absolute Gasteiger partial charge is 0.0561 e. The molecule has 1 saturated carbocycles. The van der Waals surface area contributed by atoms with E-state index in [2.05, 4.69) is 0 Å². The Morgan fingerprint density at radius 1 is 1.12 bits per heavy atom. The predicted molar refractivity (Wildman–Crippen MR) is 68.8 cm³/mol. The number of nitrogen functional groups attached to an aromatic ring is 1. The van der Waals surface area contributed by atoms with Crippen LogP contribution in [0.1, 0.15) is 38.5 Å². The van der Waals surface area contributed by atoms with Crippen LogP contribution < -0.4 is 5.73 Å². The van der Waals surface area contributed by atoms with Crippen LogP contribution in [0.2, 0.25) is 0 Å². The van der Waals surface area contributed by atoms with Crippen molar-refractivity contribution in [3.63, 3.8) is 0 Å². The van der Waals surface area contributed by atoms with Gasteiger partial charge in [0.25, 0.3) is 0 Å². The van der Waals surface area contributed by atoms with Crippen LogP contribution in [-0.2, 0) is 10.8 Å². The molecule has 0 spiro atoms. The van der Waals surface area contributed by atoms with Crippen molar-refractivity contribution in [2.24, 2.45) is 0 Å². The van der Waals surface area contributed by atoms with E-state index in [1.165, 1.54) is 25.7 Å². The summed E-state index contributed by atoms with van der Waals surface area (Å²) in [6.45, 7) is 0. The molecular weight excluding hydrogens is 218 g/mol. The molecule has 2 nitrogen and oxygen atoms in total. The zero-order valence-electron chi connectivity index (χ0n) is 9.52. The SMILES string of the molecule is Nc1cccc(S(=O)C2CCCCCC2)c1. The summed E-state index contributed by atoms with van der Waals surface area (Å²) in [4.78, 5) is 0.895. The fraction of sp³-hybridized carbons (Fsp3) is 0.538. The van der Waals surface area contributed by atoms with E-state index < -0.39 is 10.8 Å². The van der Waals surface area contributed by atoms with Crippen LogP contribution >= 0.6 is 0 Å². The molecule has 2 rings (SSSR count). The summed E-state index contributed by atoms with van der Waals surface area (Å²) in [6.07, 6.45) is 7.23. The minimum absolute atomic E-state index is 0.337. The summed E-state index contributed by atoms with van der Waals surface area (Å²) in [5.74, 6) is 0. The lowest BCUT2D eigenvalue weighted by molar-refractivity contribution is 0.642. The third-order valence-corrected chi connectivity index (χ3v) is 4.99. The minimum Gasteiger partial charge on any atom is -0.399 e. The molecule has 0 heterocycles. The van der Waals surface area contributed by atoms with Crippen LogP contribution in [0.15, 0.2) is 29.2 Å². The highest BCUT2D eigenvalue weighted by molar-refractivity contribution is 7.85. The van der Waals surface area contributed by atoms with Gasteiger partial charge in [-0.3, -0.25) is 4.21 Å². The Kier molecular flexibility index (Phi) is 3.99. The number of anilines is 1. The molecule has 16 heavy (non-hydrogen) atoms. The van der Waals surface area contributed by atoms with Gasteiger partial charge in [0.1, 0.15) is 0 Å². The molecule has 0 aromatic heterocycles. The van der Waals surface area contributed by atoms with Gasteiger partial charge in [0.15, 0.2) is 0 Å². The third-order valence-electron chi connectivity index (χ3n) is 3.20. The van der Waals surface area contributed by atoms with E-state index in [-0.39, 0.29) is 0 Å². The number of rotatable bonds is 2. The lowest BCUT2D eigenvalue weighted by Crippen LogP contribution is -2.14. The molecule has 0 saturated heterocycles. The van der Waals surface area contributed by atoms with E-state index in [1.54, 1.807) is 0 Å². The van der Waals surface area contributed by atoms with Crippen molar-refractivity contribution in [1.82, 2.24) is 0 Å². The van der Waals surface area contributed by atoms with Gasteiger partial charge in [0.05, 0.1) is 10.8 Å². The monoisotopic (exact) mass is 237 g/mol. The molecule has 1 fully saturated rings. The zero-order valence-corrected chi connectivity index (χ0v) is 10.3. The summed E-state index contributed by atoms with van der Waals surface area (Å²) in [7, 11) is -0.871. The van der Waals surface area contributed by atoms with Gasteiger partial charge < -0.3 is 5.73 Å². The Balaban J connectivity index is 2.11. The summed E-state index contributed by atoms with van der Waals surface area (Å²) < 4.78 is 12.4. The largest absolute Gasteiger partial charge is 0.399 e. The van der Waals surface area contributed by atoms with Crippen molar-refractivity contribution in [3.05, 3.63) is 24.3 Å². The normalized spacial score (nSPS) is 20.2. The van der Waals surface area contributed by atoms with Crippen molar-refractivity contribution in [2.75, 3.05) is 5.73 Å². The van der Waals surface area contributed by atoms with Gasteiger partial charge >= 0.3 is 0 Å². The molecule has 88 valence electrons. The highest BCUT2D eigenvalue weighted by Crippen LogP contribution is 2.25.